The molecule has 0 aliphatic carbocycles. The van der Waals surface area contributed by atoms with Gasteiger partial charge in [0, 0.05) is 30.0 Å². The number of guanidine groups is 1. The second-order valence-electron chi connectivity index (χ2n) is 4.65. The van der Waals surface area contributed by atoms with Gasteiger partial charge in [-0.15, -0.1) is 0 Å². The number of imidazole rings is 1. The van der Waals surface area contributed by atoms with Gasteiger partial charge in [-0.05, 0) is 48.3 Å². The van der Waals surface area contributed by atoms with E-state index in [1.165, 1.54) is 0 Å². The Hall–Kier alpha value is -1.56. The third kappa shape index (κ3) is 3.12. The van der Waals surface area contributed by atoms with Crippen LogP contribution >= 0.6 is 15.9 Å². The lowest BCUT2D eigenvalue weighted by Crippen LogP contribution is -2.37. The van der Waals surface area contributed by atoms with Crippen LogP contribution in [0.4, 0.5) is 0 Å². The van der Waals surface area contributed by atoms with Gasteiger partial charge in [0.1, 0.15) is 5.65 Å². The van der Waals surface area contributed by atoms with E-state index < -0.39 is 0 Å². The van der Waals surface area contributed by atoms with E-state index in [4.69, 9.17) is 5.73 Å². The van der Waals surface area contributed by atoms with E-state index in [1.807, 2.05) is 28.6 Å². The van der Waals surface area contributed by atoms with Crippen molar-refractivity contribution in [2.24, 2.45) is 10.7 Å². The minimum absolute atomic E-state index is 0.501. The van der Waals surface area contributed by atoms with Crippen molar-refractivity contribution < 1.29 is 0 Å². The molecule has 6 heteroatoms. The summed E-state index contributed by atoms with van der Waals surface area (Å²) in [6.45, 7) is 8.41. The molecule has 0 spiro atoms. The van der Waals surface area contributed by atoms with Crippen LogP contribution in [0.1, 0.15) is 25.1 Å². The van der Waals surface area contributed by atoms with Gasteiger partial charge in [0.05, 0.1) is 12.2 Å². The highest BCUT2D eigenvalue weighted by Crippen LogP contribution is 2.17. The second-order valence-corrected chi connectivity index (χ2v) is 5.57. The molecule has 2 heterocycles. The Morgan fingerprint density at radius 2 is 2.10 bits per heavy atom. The van der Waals surface area contributed by atoms with Crippen LogP contribution in [0.25, 0.3) is 5.65 Å². The zero-order valence-corrected chi connectivity index (χ0v) is 13.7. The smallest absolute Gasteiger partial charge is 0.191 e. The molecular formula is C14H20BrN5. The fourth-order valence-electron chi connectivity index (χ4n) is 2.16. The lowest BCUT2D eigenvalue weighted by Gasteiger charge is -2.18. The van der Waals surface area contributed by atoms with Crippen molar-refractivity contribution >= 4 is 27.5 Å². The van der Waals surface area contributed by atoms with Gasteiger partial charge >= 0.3 is 0 Å². The van der Waals surface area contributed by atoms with Crippen molar-refractivity contribution in [1.29, 1.82) is 0 Å². The van der Waals surface area contributed by atoms with Crippen LogP contribution in [0.5, 0.6) is 0 Å². The van der Waals surface area contributed by atoms with E-state index in [9.17, 15) is 0 Å². The number of halogens is 1. The number of nitrogens with two attached hydrogens (primary N) is 1. The Balaban J connectivity index is 2.22. The fraction of sp³-hybridized carbons (Fsp3) is 0.429. The van der Waals surface area contributed by atoms with Gasteiger partial charge in [0.25, 0.3) is 0 Å². The Morgan fingerprint density at radius 1 is 1.40 bits per heavy atom. The Bertz CT molecular complexity index is 628. The number of hydrogen-bond acceptors (Lipinski definition) is 2. The summed E-state index contributed by atoms with van der Waals surface area (Å²) in [4.78, 5) is 11.0. The highest BCUT2D eigenvalue weighted by molar-refractivity contribution is 9.10. The Morgan fingerprint density at radius 3 is 2.75 bits per heavy atom. The molecule has 2 aromatic rings. The largest absolute Gasteiger partial charge is 0.370 e. The highest BCUT2D eigenvalue weighted by atomic mass is 79.9. The maximum atomic E-state index is 5.97. The summed E-state index contributed by atoms with van der Waals surface area (Å²) in [6, 6.07) is 2.06. The molecule has 0 fully saturated rings. The zero-order chi connectivity index (χ0) is 14.7. The number of aromatic nitrogens is 2. The summed E-state index contributed by atoms with van der Waals surface area (Å²) >= 11 is 3.49. The van der Waals surface area contributed by atoms with Gasteiger partial charge in [-0.1, -0.05) is 0 Å². The molecule has 20 heavy (non-hydrogen) atoms. The Kier molecular flexibility index (Phi) is 4.65. The average Bonchev–Trinajstić information content (AvgIpc) is 2.81. The molecule has 2 aromatic heterocycles. The molecule has 2 N–H and O–H groups in total. The number of hydrogen-bond donors (Lipinski definition) is 1. The highest BCUT2D eigenvalue weighted by Gasteiger charge is 2.06. The average molecular weight is 338 g/mol. The van der Waals surface area contributed by atoms with Crippen molar-refractivity contribution in [2.75, 3.05) is 13.1 Å². The van der Waals surface area contributed by atoms with Crippen molar-refractivity contribution in [3.63, 3.8) is 0 Å². The number of fused-ring (bicyclic) bond motifs is 1. The van der Waals surface area contributed by atoms with Gasteiger partial charge in [-0.3, -0.25) is 0 Å². The van der Waals surface area contributed by atoms with Crippen LogP contribution in [-0.4, -0.2) is 33.3 Å². The molecule has 0 saturated heterocycles. The van der Waals surface area contributed by atoms with E-state index in [0.717, 1.165) is 34.5 Å². The normalized spacial score (nSPS) is 12.1. The van der Waals surface area contributed by atoms with E-state index in [-0.39, 0.29) is 0 Å². The molecule has 0 atom stereocenters. The monoisotopic (exact) mass is 337 g/mol. The second kappa shape index (κ2) is 6.26. The standard InChI is InChI=1S/C14H20BrN5/c1-4-19(5-2)14(16)17-7-12-9-20-8-11(15)6-10(3)13(20)18-12/h6,8-9H,4-5,7H2,1-3H3,(H2,16,17). The van der Waals surface area contributed by atoms with Crippen LogP contribution in [-0.2, 0) is 6.54 Å². The summed E-state index contributed by atoms with van der Waals surface area (Å²) < 4.78 is 3.05. The predicted octanol–water partition coefficient (Wildman–Crippen LogP) is 2.56. The lowest BCUT2D eigenvalue weighted by molar-refractivity contribution is 0.458. The number of pyridine rings is 1. The molecule has 0 radical (unpaired) electrons. The first-order valence-electron chi connectivity index (χ1n) is 6.73. The minimum atomic E-state index is 0.501. The van der Waals surface area contributed by atoms with Crippen LogP contribution in [0.2, 0.25) is 0 Å². The van der Waals surface area contributed by atoms with Crippen LogP contribution in [0.3, 0.4) is 0 Å². The number of aryl methyl sites for hydroxylation is 1. The first-order chi connectivity index (χ1) is 9.55. The molecule has 0 aromatic carbocycles. The fourth-order valence-corrected chi connectivity index (χ4v) is 2.73. The summed E-state index contributed by atoms with van der Waals surface area (Å²) in [5.41, 5.74) is 8.98. The number of rotatable bonds is 4. The van der Waals surface area contributed by atoms with Gasteiger partial charge < -0.3 is 15.0 Å². The molecule has 2 rings (SSSR count). The van der Waals surface area contributed by atoms with Crippen molar-refractivity contribution in [1.82, 2.24) is 14.3 Å². The van der Waals surface area contributed by atoms with E-state index in [2.05, 4.69) is 45.8 Å². The van der Waals surface area contributed by atoms with Crippen LogP contribution < -0.4 is 5.73 Å². The summed E-state index contributed by atoms with van der Waals surface area (Å²) in [6.07, 6.45) is 3.99. The predicted molar refractivity (Wildman–Crippen MR) is 85.9 cm³/mol. The number of aliphatic imine (C=N–C) groups is 1. The van der Waals surface area contributed by atoms with Crippen LogP contribution in [0, 0.1) is 6.92 Å². The molecule has 0 aliphatic heterocycles. The quantitative estimate of drug-likeness (QED) is 0.689. The maximum Gasteiger partial charge on any atom is 0.191 e. The molecular weight excluding hydrogens is 318 g/mol. The maximum absolute atomic E-state index is 5.97. The van der Waals surface area contributed by atoms with Crippen LogP contribution in [0.15, 0.2) is 27.9 Å². The molecule has 5 nitrogen and oxygen atoms in total. The third-order valence-corrected chi connectivity index (χ3v) is 3.68. The Labute approximate surface area is 127 Å². The minimum Gasteiger partial charge on any atom is -0.370 e. The summed E-state index contributed by atoms with van der Waals surface area (Å²) in [5, 5.41) is 0. The number of nitrogens with zero attached hydrogens (tertiary/aromatic N) is 4. The summed E-state index contributed by atoms with van der Waals surface area (Å²) in [5.74, 6) is 0.574. The molecule has 0 bridgehead atoms. The molecule has 0 amide bonds. The SMILES string of the molecule is CCN(CC)C(N)=NCc1cn2cc(Br)cc(C)c2n1. The molecule has 0 unspecified atom stereocenters. The van der Waals surface area contributed by atoms with Gasteiger partial charge in [-0.2, -0.15) is 0 Å². The van der Waals surface area contributed by atoms with Crippen molar-refractivity contribution in [3.8, 4) is 0 Å². The first-order valence-corrected chi connectivity index (χ1v) is 7.53. The van der Waals surface area contributed by atoms with E-state index in [1.54, 1.807) is 0 Å². The van der Waals surface area contributed by atoms with Gasteiger partial charge in [-0.25, -0.2) is 9.98 Å². The molecule has 0 aliphatic rings. The van der Waals surface area contributed by atoms with Gasteiger partial charge in [0.15, 0.2) is 5.96 Å². The molecule has 0 saturated carbocycles. The first kappa shape index (κ1) is 14.8. The molecule has 108 valence electrons. The van der Waals surface area contributed by atoms with Gasteiger partial charge in [0.2, 0.25) is 0 Å². The lowest BCUT2D eigenvalue weighted by atomic mass is 10.3. The third-order valence-electron chi connectivity index (χ3n) is 3.24. The van der Waals surface area contributed by atoms with E-state index >= 15 is 0 Å². The summed E-state index contributed by atoms with van der Waals surface area (Å²) in [7, 11) is 0. The zero-order valence-electron chi connectivity index (χ0n) is 12.1. The topological polar surface area (TPSA) is 58.9 Å². The van der Waals surface area contributed by atoms with Crippen molar-refractivity contribution in [3.05, 3.63) is 34.2 Å². The van der Waals surface area contributed by atoms with Crippen molar-refractivity contribution in [2.45, 2.75) is 27.3 Å². The van der Waals surface area contributed by atoms with E-state index in [0.29, 0.717) is 12.5 Å².